The summed E-state index contributed by atoms with van der Waals surface area (Å²) < 4.78 is 11.0. The third-order valence-corrected chi connectivity index (χ3v) is 3.88. The molecule has 0 aromatic carbocycles. The summed E-state index contributed by atoms with van der Waals surface area (Å²) in [5.41, 5.74) is 0. The summed E-state index contributed by atoms with van der Waals surface area (Å²) in [6.07, 6.45) is 2.80. The summed E-state index contributed by atoms with van der Waals surface area (Å²) in [6, 6.07) is 2.62. The Kier molecular flexibility index (Phi) is 10.3. The molecule has 0 aliphatic rings. The van der Waals surface area contributed by atoms with Gasteiger partial charge >= 0.3 is 0 Å². The molecular weight excluding hydrogens is 180 g/mol. The third-order valence-electron chi connectivity index (χ3n) is 2.00. The second-order valence-corrected chi connectivity index (χ2v) is 5.18. The van der Waals surface area contributed by atoms with Crippen molar-refractivity contribution in [2.75, 3.05) is 13.2 Å². The van der Waals surface area contributed by atoms with E-state index < -0.39 is 0 Å². The Labute approximate surface area is 84.8 Å². The Balaban J connectivity index is 3.33. The average Bonchev–Trinajstić information content (AvgIpc) is 2.13. The summed E-state index contributed by atoms with van der Waals surface area (Å²) in [7, 11) is 0.0623. The Bertz CT molecular complexity index is 92.9. The lowest BCUT2D eigenvalue weighted by Crippen LogP contribution is -2.18. The van der Waals surface area contributed by atoms with Crippen LogP contribution in [0, 0.1) is 0 Å². The maximum Gasteiger partial charge on any atom is 0.154 e. The van der Waals surface area contributed by atoms with Gasteiger partial charge in [-0.05, 0) is 19.9 Å². The van der Waals surface area contributed by atoms with Crippen LogP contribution in [0.4, 0.5) is 0 Å². The van der Waals surface area contributed by atoms with Gasteiger partial charge in [0.25, 0.3) is 0 Å². The van der Waals surface area contributed by atoms with E-state index in [0.717, 1.165) is 13.2 Å². The first-order valence-electron chi connectivity index (χ1n) is 5.58. The van der Waals surface area contributed by atoms with Gasteiger partial charge in [0, 0.05) is 22.7 Å². The molecule has 0 saturated carbocycles. The monoisotopic (exact) mass is 204 g/mol. The van der Waals surface area contributed by atoms with Crippen molar-refractivity contribution in [2.45, 2.75) is 52.0 Å². The molecular formula is C10H24O2Si. The highest BCUT2D eigenvalue weighted by atomic mass is 28.2. The minimum Gasteiger partial charge on any atom is -0.353 e. The highest BCUT2D eigenvalue weighted by Gasteiger charge is 2.06. The molecule has 0 unspecified atom stereocenters. The van der Waals surface area contributed by atoms with Crippen molar-refractivity contribution < 1.29 is 9.47 Å². The molecule has 0 aromatic heterocycles. The van der Waals surface area contributed by atoms with Gasteiger partial charge in [0.15, 0.2) is 6.29 Å². The standard InChI is InChI=1S/C10H24O2Si/c1-4-7-8-13-9-10(11-5-2)12-6-3/h10H,4-9,13H2,1-3H3. The number of unbranched alkanes of at least 4 members (excludes halogenated alkanes) is 1. The lowest BCUT2D eigenvalue weighted by atomic mass is 10.4. The Hall–Kier alpha value is 0.137. The molecule has 0 fully saturated rings. The first-order chi connectivity index (χ1) is 6.35. The van der Waals surface area contributed by atoms with Gasteiger partial charge in [0.1, 0.15) is 0 Å². The van der Waals surface area contributed by atoms with Crippen molar-refractivity contribution >= 4 is 9.52 Å². The predicted octanol–water partition coefficient (Wildman–Crippen LogP) is 2.19. The van der Waals surface area contributed by atoms with Gasteiger partial charge in [-0.2, -0.15) is 0 Å². The Morgan fingerprint density at radius 1 is 1.08 bits per heavy atom. The van der Waals surface area contributed by atoms with E-state index >= 15 is 0 Å². The maximum absolute atomic E-state index is 5.48. The van der Waals surface area contributed by atoms with E-state index in [1.54, 1.807) is 0 Å². The molecule has 0 bridgehead atoms. The van der Waals surface area contributed by atoms with Gasteiger partial charge in [0.2, 0.25) is 0 Å². The quantitative estimate of drug-likeness (QED) is 0.326. The van der Waals surface area contributed by atoms with Gasteiger partial charge in [-0.25, -0.2) is 0 Å². The Morgan fingerprint density at radius 3 is 2.15 bits per heavy atom. The topological polar surface area (TPSA) is 18.5 Å². The molecule has 0 aromatic rings. The fourth-order valence-electron chi connectivity index (χ4n) is 1.32. The van der Waals surface area contributed by atoms with Crippen LogP contribution in [-0.2, 0) is 9.47 Å². The van der Waals surface area contributed by atoms with E-state index in [1.807, 2.05) is 13.8 Å². The number of rotatable bonds is 9. The summed E-state index contributed by atoms with van der Waals surface area (Å²) in [5.74, 6) is 0. The number of hydrogen-bond acceptors (Lipinski definition) is 2. The molecule has 0 amide bonds. The zero-order chi connectivity index (χ0) is 9.94. The Morgan fingerprint density at radius 2 is 1.69 bits per heavy atom. The molecule has 0 saturated heterocycles. The van der Waals surface area contributed by atoms with Crippen LogP contribution in [0.1, 0.15) is 33.6 Å². The average molecular weight is 204 g/mol. The van der Waals surface area contributed by atoms with Gasteiger partial charge in [-0.3, -0.25) is 0 Å². The van der Waals surface area contributed by atoms with Crippen molar-refractivity contribution in [1.29, 1.82) is 0 Å². The number of ether oxygens (including phenoxy) is 2. The molecule has 80 valence electrons. The lowest BCUT2D eigenvalue weighted by molar-refractivity contribution is -0.123. The smallest absolute Gasteiger partial charge is 0.154 e. The zero-order valence-electron chi connectivity index (χ0n) is 9.34. The summed E-state index contributed by atoms with van der Waals surface area (Å²) in [4.78, 5) is 0. The van der Waals surface area contributed by atoms with Crippen LogP contribution >= 0.6 is 0 Å². The lowest BCUT2D eigenvalue weighted by Gasteiger charge is -2.16. The molecule has 0 radical (unpaired) electrons. The van der Waals surface area contributed by atoms with Crippen LogP contribution in [0.15, 0.2) is 0 Å². The third kappa shape index (κ3) is 8.47. The second kappa shape index (κ2) is 10.2. The van der Waals surface area contributed by atoms with Crippen molar-refractivity contribution in [3.8, 4) is 0 Å². The van der Waals surface area contributed by atoms with Gasteiger partial charge in [-0.1, -0.05) is 25.8 Å². The molecule has 0 rings (SSSR count). The van der Waals surface area contributed by atoms with Gasteiger partial charge < -0.3 is 9.47 Å². The van der Waals surface area contributed by atoms with Crippen LogP contribution < -0.4 is 0 Å². The van der Waals surface area contributed by atoms with Crippen molar-refractivity contribution in [2.24, 2.45) is 0 Å². The SMILES string of the molecule is CCCC[SiH2]CC(OCC)OCC. The van der Waals surface area contributed by atoms with Crippen LogP contribution in [0.2, 0.25) is 12.1 Å². The van der Waals surface area contributed by atoms with E-state index in [-0.39, 0.29) is 15.8 Å². The molecule has 3 heteroatoms. The maximum atomic E-state index is 5.48. The molecule has 0 aliphatic carbocycles. The molecule has 0 aliphatic heterocycles. The molecule has 0 atom stereocenters. The summed E-state index contributed by atoms with van der Waals surface area (Å²) in [6.45, 7) is 7.84. The highest BCUT2D eigenvalue weighted by molar-refractivity contribution is 6.35. The second-order valence-electron chi connectivity index (χ2n) is 3.19. The van der Waals surface area contributed by atoms with E-state index in [0.29, 0.717) is 0 Å². The minimum atomic E-state index is 0.0623. The van der Waals surface area contributed by atoms with Crippen molar-refractivity contribution in [3.05, 3.63) is 0 Å². The van der Waals surface area contributed by atoms with E-state index in [9.17, 15) is 0 Å². The summed E-state index contributed by atoms with van der Waals surface area (Å²) >= 11 is 0. The van der Waals surface area contributed by atoms with Crippen molar-refractivity contribution in [1.82, 2.24) is 0 Å². The number of hydrogen-bond donors (Lipinski definition) is 0. The normalized spacial score (nSPS) is 12.0. The fourth-order valence-corrected chi connectivity index (χ4v) is 3.13. The minimum absolute atomic E-state index is 0.0623. The largest absolute Gasteiger partial charge is 0.353 e. The first-order valence-corrected chi connectivity index (χ1v) is 7.58. The van der Waals surface area contributed by atoms with E-state index in [4.69, 9.17) is 9.47 Å². The van der Waals surface area contributed by atoms with Gasteiger partial charge in [0.05, 0.1) is 0 Å². The first kappa shape index (κ1) is 13.1. The van der Waals surface area contributed by atoms with E-state index in [2.05, 4.69) is 6.92 Å². The molecule has 13 heavy (non-hydrogen) atoms. The van der Waals surface area contributed by atoms with Gasteiger partial charge in [-0.15, -0.1) is 0 Å². The van der Waals surface area contributed by atoms with Crippen LogP contribution in [0.5, 0.6) is 0 Å². The van der Waals surface area contributed by atoms with E-state index in [1.165, 1.54) is 24.9 Å². The predicted molar refractivity (Wildman–Crippen MR) is 60.1 cm³/mol. The zero-order valence-corrected chi connectivity index (χ0v) is 10.8. The summed E-state index contributed by atoms with van der Waals surface area (Å²) in [5, 5.41) is 0. The molecule has 2 nitrogen and oxygen atoms in total. The van der Waals surface area contributed by atoms with Crippen LogP contribution in [0.25, 0.3) is 0 Å². The molecule has 0 spiro atoms. The fraction of sp³-hybridized carbons (Fsp3) is 1.00. The molecule has 0 heterocycles. The van der Waals surface area contributed by atoms with Crippen LogP contribution in [0.3, 0.4) is 0 Å². The highest BCUT2D eigenvalue weighted by Crippen LogP contribution is 2.04. The van der Waals surface area contributed by atoms with Crippen LogP contribution in [-0.4, -0.2) is 29.0 Å². The van der Waals surface area contributed by atoms with Crippen molar-refractivity contribution in [3.63, 3.8) is 0 Å². The molecule has 0 N–H and O–H groups in total.